The average molecular weight is 461 g/mol. The third-order valence-corrected chi connectivity index (χ3v) is 6.04. The maximum Gasteiger partial charge on any atom is 0.305 e. The molecule has 5 rings (SSSR count). The molecule has 0 spiro atoms. The number of carbonyl (C=O) groups is 1. The Morgan fingerprint density at radius 2 is 1.88 bits per heavy atom. The van der Waals surface area contributed by atoms with Crippen LogP contribution in [0.25, 0.3) is 22.3 Å². The molecule has 0 N–H and O–H groups in total. The van der Waals surface area contributed by atoms with E-state index >= 15 is 0 Å². The van der Waals surface area contributed by atoms with Crippen molar-refractivity contribution in [2.45, 2.75) is 44.4 Å². The average Bonchev–Trinajstić information content (AvgIpc) is 3.58. The standard InChI is InChI=1S/C25H24FN5O3/c1-34-24(32)5-3-2-4-23-27-21-14-19(30-15-22(28-29-30)16-6-7-16)12-13-20(21)25(33)31(23)18-10-8-17(26)9-11-18/h8-16H,2-7H2,1H3. The highest BCUT2D eigenvalue weighted by molar-refractivity contribution is 5.80. The lowest BCUT2D eigenvalue weighted by molar-refractivity contribution is -0.140. The largest absolute Gasteiger partial charge is 0.469 e. The van der Waals surface area contributed by atoms with E-state index in [2.05, 4.69) is 10.3 Å². The summed E-state index contributed by atoms with van der Waals surface area (Å²) in [6.07, 6.45) is 6.21. The molecule has 34 heavy (non-hydrogen) atoms. The first-order valence-corrected chi connectivity index (χ1v) is 11.3. The minimum atomic E-state index is -0.381. The summed E-state index contributed by atoms with van der Waals surface area (Å²) >= 11 is 0. The minimum absolute atomic E-state index is 0.233. The molecule has 0 radical (unpaired) electrons. The van der Waals surface area contributed by atoms with Crippen molar-refractivity contribution in [3.63, 3.8) is 0 Å². The maximum absolute atomic E-state index is 13.5. The van der Waals surface area contributed by atoms with Crippen LogP contribution in [0.2, 0.25) is 0 Å². The highest BCUT2D eigenvalue weighted by Gasteiger charge is 2.26. The fourth-order valence-corrected chi connectivity index (χ4v) is 4.01. The topological polar surface area (TPSA) is 91.9 Å². The van der Waals surface area contributed by atoms with Gasteiger partial charge in [-0.2, -0.15) is 0 Å². The number of benzene rings is 2. The van der Waals surface area contributed by atoms with Gasteiger partial charge in [-0.25, -0.2) is 14.1 Å². The molecule has 0 amide bonds. The molecule has 4 aromatic rings. The van der Waals surface area contributed by atoms with Crippen molar-refractivity contribution in [3.8, 4) is 11.4 Å². The Kier molecular flexibility index (Phi) is 5.91. The number of nitrogens with zero attached hydrogens (tertiary/aromatic N) is 5. The van der Waals surface area contributed by atoms with Crippen molar-refractivity contribution in [1.82, 2.24) is 24.5 Å². The molecule has 1 saturated carbocycles. The van der Waals surface area contributed by atoms with Crippen LogP contribution >= 0.6 is 0 Å². The summed E-state index contributed by atoms with van der Waals surface area (Å²) in [7, 11) is 1.36. The van der Waals surface area contributed by atoms with Crippen LogP contribution in [-0.2, 0) is 16.0 Å². The van der Waals surface area contributed by atoms with Gasteiger partial charge in [-0.3, -0.25) is 14.2 Å². The summed E-state index contributed by atoms with van der Waals surface area (Å²) in [6.45, 7) is 0. The van der Waals surface area contributed by atoms with E-state index in [1.54, 1.807) is 22.9 Å². The lowest BCUT2D eigenvalue weighted by atomic mass is 10.1. The van der Waals surface area contributed by atoms with Crippen molar-refractivity contribution in [2.24, 2.45) is 0 Å². The number of unbranched alkanes of at least 4 members (excludes halogenated alkanes) is 1. The molecule has 0 saturated heterocycles. The summed E-state index contributed by atoms with van der Waals surface area (Å²) in [5.74, 6) is 0.383. The van der Waals surface area contributed by atoms with Gasteiger partial charge in [-0.05, 0) is 68.1 Å². The van der Waals surface area contributed by atoms with Crippen molar-refractivity contribution in [1.29, 1.82) is 0 Å². The van der Waals surface area contributed by atoms with E-state index in [-0.39, 0.29) is 17.3 Å². The third kappa shape index (κ3) is 4.46. The zero-order valence-electron chi connectivity index (χ0n) is 18.8. The van der Waals surface area contributed by atoms with E-state index in [4.69, 9.17) is 9.72 Å². The predicted octanol–water partition coefficient (Wildman–Crippen LogP) is 3.87. The second-order valence-corrected chi connectivity index (χ2v) is 8.49. The number of fused-ring (bicyclic) bond motifs is 1. The monoisotopic (exact) mass is 461 g/mol. The summed E-state index contributed by atoms with van der Waals surface area (Å²) < 4.78 is 21.4. The molecule has 2 heterocycles. The van der Waals surface area contributed by atoms with Crippen molar-refractivity contribution in [2.75, 3.05) is 7.11 Å². The zero-order valence-corrected chi connectivity index (χ0v) is 18.8. The van der Waals surface area contributed by atoms with Gasteiger partial charge >= 0.3 is 5.97 Å². The van der Waals surface area contributed by atoms with Gasteiger partial charge in [0.15, 0.2) is 0 Å². The van der Waals surface area contributed by atoms with Gasteiger partial charge in [-0.15, -0.1) is 5.10 Å². The van der Waals surface area contributed by atoms with Crippen LogP contribution in [0.15, 0.2) is 53.5 Å². The van der Waals surface area contributed by atoms with Crippen LogP contribution in [0.4, 0.5) is 4.39 Å². The molecule has 1 fully saturated rings. The summed E-state index contributed by atoms with van der Waals surface area (Å²) in [5.41, 5.74) is 2.61. The van der Waals surface area contributed by atoms with Gasteiger partial charge in [0.25, 0.3) is 5.56 Å². The smallest absolute Gasteiger partial charge is 0.305 e. The van der Waals surface area contributed by atoms with Crippen molar-refractivity contribution < 1.29 is 13.9 Å². The van der Waals surface area contributed by atoms with E-state index in [0.717, 1.165) is 24.2 Å². The van der Waals surface area contributed by atoms with Gasteiger partial charge in [0, 0.05) is 18.8 Å². The van der Waals surface area contributed by atoms with Gasteiger partial charge in [0.05, 0.1) is 41.3 Å². The van der Waals surface area contributed by atoms with E-state index in [1.165, 1.54) is 23.8 Å². The number of rotatable bonds is 8. The van der Waals surface area contributed by atoms with Gasteiger partial charge in [-0.1, -0.05) is 5.21 Å². The third-order valence-electron chi connectivity index (χ3n) is 6.04. The molecular formula is C25H24FN5O3. The summed E-state index contributed by atoms with van der Waals surface area (Å²) in [6, 6.07) is 11.1. The Morgan fingerprint density at radius 3 is 2.62 bits per heavy atom. The molecule has 9 heteroatoms. The number of esters is 1. The molecule has 2 aromatic carbocycles. The molecule has 1 aliphatic rings. The SMILES string of the molecule is COC(=O)CCCCc1nc2cc(-n3cc(C4CC4)nn3)ccc2c(=O)n1-c1ccc(F)cc1. The first kappa shape index (κ1) is 21.9. The number of hydrogen-bond acceptors (Lipinski definition) is 6. The highest BCUT2D eigenvalue weighted by Crippen LogP contribution is 2.38. The van der Waals surface area contributed by atoms with Gasteiger partial charge in [0.1, 0.15) is 11.6 Å². The fraction of sp³-hybridized carbons (Fsp3) is 0.320. The van der Waals surface area contributed by atoms with Gasteiger partial charge < -0.3 is 4.74 Å². The van der Waals surface area contributed by atoms with Crippen LogP contribution in [0.3, 0.4) is 0 Å². The second-order valence-electron chi connectivity index (χ2n) is 8.49. The van der Waals surface area contributed by atoms with Crippen LogP contribution in [0.5, 0.6) is 0 Å². The lowest BCUT2D eigenvalue weighted by Gasteiger charge is -2.14. The normalized spacial score (nSPS) is 13.4. The number of ether oxygens (including phenoxy) is 1. The highest BCUT2D eigenvalue weighted by atomic mass is 19.1. The van der Waals surface area contributed by atoms with Crippen LogP contribution in [0, 0.1) is 5.82 Å². The number of hydrogen-bond donors (Lipinski definition) is 0. The Labute approximate surface area is 195 Å². The summed E-state index contributed by atoms with van der Waals surface area (Å²) in [5, 5.41) is 8.95. The predicted molar refractivity (Wildman–Crippen MR) is 124 cm³/mol. The van der Waals surface area contributed by atoms with E-state index in [1.807, 2.05) is 18.3 Å². The second kappa shape index (κ2) is 9.17. The number of methoxy groups -OCH3 is 1. The lowest BCUT2D eigenvalue weighted by Crippen LogP contribution is -2.24. The Morgan fingerprint density at radius 1 is 1.12 bits per heavy atom. The molecule has 0 atom stereocenters. The first-order chi connectivity index (χ1) is 16.5. The Hall–Kier alpha value is -3.88. The molecule has 0 bridgehead atoms. The number of aromatic nitrogens is 5. The van der Waals surface area contributed by atoms with Crippen LogP contribution in [0.1, 0.15) is 49.5 Å². The number of aryl methyl sites for hydroxylation is 1. The molecule has 174 valence electrons. The van der Waals surface area contributed by atoms with E-state index < -0.39 is 0 Å². The van der Waals surface area contributed by atoms with Crippen molar-refractivity contribution in [3.05, 3.63) is 76.4 Å². The molecule has 1 aliphatic carbocycles. The fourth-order valence-electron chi connectivity index (χ4n) is 4.01. The molecular weight excluding hydrogens is 437 g/mol. The molecule has 2 aromatic heterocycles. The maximum atomic E-state index is 13.5. The first-order valence-electron chi connectivity index (χ1n) is 11.3. The van der Waals surface area contributed by atoms with Gasteiger partial charge in [0.2, 0.25) is 0 Å². The Bertz CT molecular complexity index is 1410. The van der Waals surface area contributed by atoms with E-state index in [9.17, 15) is 14.0 Å². The van der Waals surface area contributed by atoms with Crippen LogP contribution in [-0.4, -0.2) is 37.6 Å². The van der Waals surface area contributed by atoms with E-state index in [0.29, 0.717) is 54.0 Å². The Balaban J connectivity index is 1.54. The number of halogens is 1. The molecule has 8 nitrogen and oxygen atoms in total. The van der Waals surface area contributed by atoms with Crippen LogP contribution < -0.4 is 5.56 Å². The molecule has 0 unspecified atom stereocenters. The number of carbonyl (C=O) groups excluding carboxylic acids is 1. The van der Waals surface area contributed by atoms with Crippen molar-refractivity contribution >= 4 is 16.9 Å². The minimum Gasteiger partial charge on any atom is -0.469 e. The molecule has 0 aliphatic heterocycles. The summed E-state index contributed by atoms with van der Waals surface area (Å²) in [4.78, 5) is 29.7. The quantitative estimate of drug-likeness (QED) is 0.292. The zero-order chi connectivity index (χ0) is 23.7.